The molecule has 1 N–H and O–H groups in total. The first-order chi connectivity index (χ1) is 11.0. The monoisotopic (exact) mass is 333 g/mol. The zero-order valence-electron chi connectivity index (χ0n) is 14.2. The quantitative estimate of drug-likeness (QED) is 0.864. The lowest BCUT2D eigenvalue weighted by Gasteiger charge is -2.12. The molecule has 2 aromatic heterocycles. The van der Waals surface area contributed by atoms with Gasteiger partial charge in [0.25, 0.3) is 0 Å². The van der Waals surface area contributed by atoms with Gasteiger partial charge in [-0.1, -0.05) is 0 Å². The third kappa shape index (κ3) is 2.87. The Hall–Kier alpha value is -1.82. The fourth-order valence-electron chi connectivity index (χ4n) is 3.15. The van der Waals surface area contributed by atoms with Crippen LogP contribution in [0, 0.1) is 20.8 Å². The van der Waals surface area contributed by atoms with Gasteiger partial charge in [0, 0.05) is 23.7 Å². The van der Waals surface area contributed by atoms with Crippen LogP contribution in [0.15, 0.2) is 0 Å². The van der Waals surface area contributed by atoms with Crippen LogP contribution in [0.3, 0.4) is 0 Å². The molecule has 124 valence electrons. The van der Waals surface area contributed by atoms with Crippen LogP contribution in [-0.2, 0) is 4.74 Å². The zero-order valence-corrected chi connectivity index (χ0v) is 15.0. The van der Waals surface area contributed by atoms with Crippen molar-refractivity contribution in [3.63, 3.8) is 0 Å². The van der Waals surface area contributed by atoms with E-state index in [9.17, 15) is 4.79 Å². The number of thiazole rings is 1. The number of nitrogens with one attached hydrogen (secondary N) is 1. The highest BCUT2D eigenvalue weighted by atomic mass is 32.1. The number of hydrogen-bond acceptors (Lipinski definition) is 5. The second kappa shape index (κ2) is 6.35. The van der Waals surface area contributed by atoms with Gasteiger partial charge in [0.05, 0.1) is 17.9 Å². The summed E-state index contributed by atoms with van der Waals surface area (Å²) in [7, 11) is 0. The number of aromatic amines is 1. The number of carbonyl (C=O) groups is 1. The molecule has 0 spiro atoms. The second-order valence-electron chi connectivity index (χ2n) is 5.94. The van der Waals surface area contributed by atoms with E-state index in [1.54, 1.807) is 11.3 Å². The standard InChI is InChI=1S/C17H23N3O2S/c1-5-22-16(21)13-10(2)14(18-11(13)3)15-12(4)23-17(19-15)20-8-6-7-9-20/h18H,5-9H2,1-4H3. The molecular formula is C17H23N3O2S. The summed E-state index contributed by atoms with van der Waals surface area (Å²) in [6.45, 7) is 10.3. The van der Waals surface area contributed by atoms with Crippen LogP contribution in [-0.4, -0.2) is 35.6 Å². The molecule has 1 aliphatic rings. The Morgan fingerprint density at radius 2 is 2.00 bits per heavy atom. The minimum Gasteiger partial charge on any atom is -0.462 e. The van der Waals surface area contributed by atoms with Gasteiger partial charge >= 0.3 is 5.97 Å². The molecule has 1 aliphatic heterocycles. The van der Waals surface area contributed by atoms with Gasteiger partial charge in [-0.05, 0) is 46.1 Å². The van der Waals surface area contributed by atoms with Crippen molar-refractivity contribution in [2.24, 2.45) is 0 Å². The van der Waals surface area contributed by atoms with Crippen molar-refractivity contribution in [2.45, 2.75) is 40.5 Å². The molecule has 0 saturated carbocycles. The fraction of sp³-hybridized carbons (Fsp3) is 0.529. The molecule has 0 bridgehead atoms. The van der Waals surface area contributed by atoms with E-state index in [2.05, 4.69) is 16.8 Å². The molecule has 0 amide bonds. The molecule has 0 unspecified atom stereocenters. The number of anilines is 1. The Labute approximate surface area is 140 Å². The number of H-pyrrole nitrogens is 1. The summed E-state index contributed by atoms with van der Waals surface area (Å²) in [5.74, 6) is -0.266. The molecule has 3 rings (SSSR count). The Kier molecular flexibility index (Phi) is 4.43. The maximum Gasteiger partial charge on any atom is 0.340 e. The predicted octanol–water partition coefficient (Wildman–Crippen LogP) is 3.84. The van der Waals surface area contributed by atoms with Gasteiger partial charge in [0.1, 0.15) is 5.69 Å². The van der Waals surface area contributed by atoms with E-state index in [1.807, 2.05) is 20.8 Å². The summed E-state index contributed by atoms with van der Waals surface area (Å²) < 4.78 is 5.17. The van der Waals surface area contributed by atoms with Crippen molar-refractivity contribution in [3.05, 3.63) is 21.7 Å². The van der Waals surface area contributed by atoms with Crippen molar-refractivity contribution in [1.29, 1.82) is 0 Å². The number of esters is 1. The van der Waals surface area contributed by atoms with E-state index in [4.69, 9.17) is 9.72 Å². The van der Waals surface area contributed by atoms with E-state index in [1.165, 1.54) is 17.7 Å². The van der Waals surface area contributed by atoms with Crippen molar-refractivity contribution in [1.82, 2.24) is 9.97 Å². The summed E-state index contributed by atoms with van der Waals surface area (Å²) in [5, 5.41) is 1.08. The zero-order chi connectivity index (χ0) is 16.6. The molecule has 2 aromatic rings. The summed E-state index contributed by atoms with van der Waals surface area (Å²) in [6.07, 6.45) is 2.48. The number of nitrogens with zero attached hydrogens (tertiary/aromatic N) is 2. The van der Waals surface area contributed by atoms with E-state index in [-0.39, 0.29) is 5.97 Å². The minimum absolute atomic E-state index is 0.266. The van der Waals surface area contributed by atoms with Crippen LogP contribution in [0.25, 0.3) is 11.4 Å². The van der Waals surface area contributed by atoms with Gasteiger partial charge in [0.15, 0.2) is 5.13 Å². The molecule has 0 aliphatic carbocycles. The Balaban J connectivity index is 1.99. The lowest BCUT2D eigenvalue weighted by atomic mass is 10.1. The molecule has 23 heavy (non-hydrogen) atoms. The average Bonchev–Trinajstić information content (AvgIpc) is 3.19. The van der Waals surface area contributed by atoms with Crippen molar-refractivity contribution < 1.29 is 9.53 Å². The fourth-order valence-corrected chi connectivity index (χ4v) is 4.12. The van der Waals surface area contributed by atoms with Gasteiger partial charge in [0.2, 0.25) is 0 Å². The molecule has 1 fully saturated rings. The lowest BCUT2D eigenvalue weighted by molar-refractivity contribution is 0.0525. The Morgan fingerprint density at radius 1 is 1.30 bits per heavy atom. The van der Waals surface area contributed by atoms with Gasteiger partial charge in [-0.25, -0.2) is 9.78 Å². The van der Waals surface area contributed by atoms with Crippen LogP contribution in [0.1, 0.15) is 46.3 Å². The van der Waals surface area contributed by atoms with Crippen molar-refractivity contribution in [2.75, 3.05) is 24.6 Å². The number of aromatic nitrogens is 2. The molecule has 0 atom stereocenters. The first-order valence-electron chi connectivity index (χ1n) is 8.12. The third-order valence-electron chi connectivity index (χ3n) is 4.32. The summed E-state index contributed by atoms with van der Waals surface area (Å²) >= 11 is 1.73. The van der Waals surface area contributed by atoms with Crippen LogP contribution < -0.4 is 4.90 Å². The van der Waals surface area contributed by atoms with E-state index in [0.717, 1.165) is 40.9 Å². The van der Waals surface area contributed by atoms with Crippen LogP contribution in [0.5, 0.6) is 0 Å². The lowest BCUT2D eigenvalue weighted by Crippen LogP contribution is -2.17. The SMILES string of the molecule is CCOC(=O)c1c(C)[nH]c(-c2nc(N3CCCC3)sc2C)c1C. The van der Waals surface area contributed by atoms with Gasteiger partial charge in [-0.15, -0.1) is 11.3 Å². The van der Waals surface area contributed by atoms with E-state index >= 15 is 0 Å². The van der Waals surface area contributed by atoms with Gasteiger partial charge < -0.3 is 14.6 Å². The number of aryl methyl sites for hydroxylation is 2. The van der Waals surface area contributed by atoms with E-state index in [0.29, 0.717) is 12.2 Å². The molecular weight excluding hydrogens is 310 g/mol. The third-order valence-corrected chi connectivity index (χ3v) is 5.35. The van der Waals surface area contributed by atoms with Crippen LogP contribution >= 0.6 is 11.3 Å². The maximum atomic E-state index is 12.2. The molecule has 5 nitrogen and oxygen atoms in total. The largest absolute Gasteiger partial charge is 0.462 e. The van der Waals surface area contributed by atoms with Crippen LogP contribution in [0.4, 0.5) is 5.13 Å². The normalized spacial score (nSPS) is 14.5. The number of rotatable bonds is 4. The first-order valence-corrected chi connectivity index (χ1v) is 8.93. The van der Waals surface area contributed by atoms with Crippen molar-refractivity contribution >= 4 is 22.4 Å². The number of ether oxygens (including phenoxy) is 1. The molecule has 3 heterocycles. The van der Waals surface area contributed by atoms with Gasteiger partial charge in [-0.3, -0.25) is 0 Å². The van der Waals surface area contributed by atoms with E-state index < -0.39 is 0 Å². The summed E-state index contributed by atoms with van der Waals surface area (Å²) in [6, 6.07) is 0. The highest BCUT2D eigenvalue weighted by Gasteiger charge is 2.24. The smallest absolute Gasteiger partial charge is 0.340 e. The second-order valence-corrected chi connectivity index (χ2v) is 7.12. The Morgan fingerprint density at radius 3 is 2.65 bits per heavy atom. The maximum absolute atomic E-state index is 12.2. The highest BCUT2D eigenvalue weighted by Crippen LogP contribution is 2.36. The number of hydrogen-bond donors (Lipinski definition) is 1. The van der Waals surface area contributed by atoms with Gasteiger partial charge in [-0.2, -0.15) is 0 Å². The van der Waals surface area contributed by atoms with Crippen molar-refractivity contribution in [3.8, 4) is 11.4 Å². The molecule has 1 saturated heterocycles. The predicted molar refractivity (Wildman–Crippen MR) is 93.5 cm³/mol. The topological polar surface area (TPSA) is 58.2 Å². The first kappa shape index (κ1) is 16.1. The number of carbonyl (C=O) groups excluding carboxylic acids is 1. The minimum atomic E-state index is -0.266. The average molecular weight is 333 g/mol. The molecule has 6 heteroatoms. The summed E-state index contributed by atoms with van der Waals surface area (Å²) in [4.78, 5) is 23.9. The summed E-state index contributed by atoms with van der Waals surface area (Å²) in [5.41, 5.74) is 4.28. The molecule has 0 aromatic carbocycles. The highest BCUT2D eigenvalue weighted by molar-refractivity contribution is 7.16. The van der Waals surface area contributed by atoms with Crippen LogP contribution in [0.2, 0.25) is 0 Å². The molecule has 0 radical (unpaired) electrons. The Bertz CT molecular complexity index is 727.